The lowest BCUT2D eigenvalue weighted by Crippen LogP contribution is -2.33. The van der Waals surface area contributed by atoms with Gasteiger partial charge in [0.25, 0.3) is 0 Å². The molecule has 1 aromatic rings. The maximum atomic E-state index is 10.8. The maximum absolute atomic E-state index is 10.8. The Hall–Kier alpha value is -1.10. The number of fused-ring (bicyclic) bond motifs is 1. The molecule has 0 unspecified atom stereocenters. The molecule has 1 aliphatic heterocycles. The molecule has 1 aromatic heterocycles. The third-order valence-electron chi connectivity index (χ3n) is 1.60. The molecule has 0 radical (unpaired) electrons. The summed E-state index contributed by atoms with van der Waals surface area (Å²) in [6.07, 6.45) is 1.66. The first-order valence-electron chi connectivity index (χ1n) is 3.45. The summed E-state index contributed by atoms with van der Waals surface area (Å²) in [5, 5.41) is 5.26. The Bertz CT molecular complexity index is 339. The molecule has 5 heteroatoms. The SMILES string of the molecule is O=C1NCc2cc(Br)cnc2N1. The topological polar surface area (TPSA) is 54.0 Å². The van der Waals surface area contributed by atoms with Gasteiger partial charge in [0, 0.05) is 22.8 Å². The minimum atomic E-state index is -0.197. The molecule has 0 fully saturated rings. The van der Waals surface area contributed by atoms with Gasteiger partial charge in [-0.2, -0.15) is 0 Å². The fraction of sp³-hybridized carbons (Fsp3) is 0.143. The van der Waals surface area contributed by atoms with E-state index in [0.29, 0.717) is 12.4 Å². The molecule has 4 nitrogen and oxygen atoms in total. The number of pyridine rings is 1. The van der Waals surface area contributed by atoms with Crippen molar-refractivity contribution in [3.63, 3.8) is 0 Å². The van der Waals surface area contributed by atoms with Crippen LogP contribution in [0.1, 0.15) is 5.56 Å². The minimum absolute atomic E-state index is 0.197. The Morgan fingerprint density at radius 1 is 1.58 bits per heavy atom. The average Bonchev–Trinajstić information content (AvgIpc) is 2.05. The van der Waals surface area contributed by atoms with Crippen LogP contribution < -0.4 is 10.6 Å². The molecule has 2 rings (SSSR count). The van der Waals surface area contributed by atoms with E-state index in [4.69, 9.17) is 0 Å². The van der Waals surface area contributed by atoms with E-state index in [1.807, 2.05) is 6.07 Å². The Morgan fingerprint density at radius 3 is 3.25 bits per heavy atom. The van der Waals surface area contributed by atoms with Crippen LogP contribution in [0.2, 0.25) is 0 Å². The van der Waals surface area contributed by atoms with E-state index in [1.165, 1.54) is 0 Å². The van der Waals surface area contributed by atoms with Crippen LogP contribution in [0.5, 0.6) is 0 Å². The molecule has 0 aliphatic carbocycles. The Morgan fingerprint density at radius 2 is 2.42 bits per heavy atom. The zero-order valence-corrected chi connectivity index (χ0v) is 7.68. The largest absolute Gasteiger partial charge is 0.334 e. The van der Waals surface area contributed by atoms with Crippen LogP contribution in [0.4, 0.5) is 10.6 Å². The van der Waals surface area contributed by atoms with Gasteiger partial charge in [-0.25, -0.2) is 9.78 Å². The number of carbonyl (C=O) groups excluding carboxylic acids is 1. The van der Waals surface area contributed by atoms with Crippen molar-refractivity contribution >= 4 is 27.8 Å². The molecule has 0 bridgehead atoms. The summed E-state index contributed by atoms with van der Waals surface area (Å²) in [5.74, 6) is 0.641. The van der Waals surface area contributed by atoms with Crippen molar-refractivity contribution in [3.05, 3.63) is 22.3 Å². The number of aromatic nitrogens is 1. The van der Waals surface area contributed by atoms with Crippen LogP contribution >= 0.6 is 15.9 Å². The van der Waals surface area contributed by atoms with Crippen molar-refractivity contribution in [2.75, 3.05) is 5.32 Å². The molecular weight excluding hydrogens is 222 g/mol. The summed E-state index contributed by atoms with van der Waals surface area (Å²) in [5.41, 5.74) is 0.990. The van der Waals surface area contributed by atoms with E-state index >= 15 is 0 Å². The fourth-order valence-electron chi connectivity index (χ4n) is 1.06. The van der Waals surface area contributed by atoms with Gasteiger partial charge >= 0.3 is 6.03 Å². The van der Waals surface area contributed by atoms with Gasteiger partial charge in [0.1, 0.15) is 5.82 Å². The van der Waals surface area contributed by atoms with Crippen molar-refractivity contribution in [1.82, 2.24) is 10.3 Å². The molecule has 0 saturated heterocycles. The number of rotatable bonds is 0. The van der Waals surface area contributed by atoms with Gasteiger partial charge in [0.2, 0.25) is 0 Å². The number of halogens is 1. The molecule has 1 aliphatic rings. The number of hydrogen-bond acceptors (Lipinski definition) is 2. The first-order chi connectivity index (χ1) is 5.75. The Labute approximate surface area is 77.5 Å². The summed E-state index contributed by atoms with van der Waals surface area (Å²) in [6, 6.07) is 1.73. The predicted molar refractivity (Wildman–Crippen MR) is 47.8 cm³/mol. The van der Waals surface area contributed by atoms with E-state index in [-0.39, 0.29) is 6.03 Å². The van der Waals surface area contributed by atoms with E-state index in [2.05, 4.69) is 31.5 Å². The van der Waals surface area contributed by atoms with Gasteiger partial charge in [0.15, 0.2) is 0 Å². The smallest absolute Gasteiger partial charge is 0.320 e. The lowest BCUT2D eigenvalue weighted by atomic mass is 10.2. The maximum Gasteiger partial charge on any atom is 0.320 e. The second-order valence-electron chi connectivity index (χ2n) is 2.47. The molecule has 0 spiro atoms. The van der Waals surface area contributed by atoms with Gasteiger partial charge in [-0.05, 0) is 22.0 Å². The van der Waals surface area contributed by atoms with E-state index in [9.17, 15) is 4.79 Å². The molecule has 12 heavy (non-hydrogen) atoms. The summed E-state index contributed by atoms with van der Waals surface area (Å²) in [4.78, 5) is 14.9. The summed E-state index contributed by atoms with van der Waals surface area (Å²) >= 11 is 3.30. The van der Waals surface area contributed by atoms with Crippen LogP contribution in [0.25, 0.3) is 0 Å². The molecule has 2 N–H and O–H groups in total. The van der Waals surface area contributed by atoms with Crippen LogP contribution in [0.3, 0.4) is 0 Å². The van der Waals surface area contributed by atoms with Crippen LogP contribution in [0, 0.1) is 0 Å². The first-order valence-corrected chi connectivity index (χ1v) is 4.24. The lowest BCUT2D eigenvalue weighted by molar-refractivity contribution is 0.250. The quantitative estimate of drug-likeness (QED) is 0.706. The van der Waals surface area contributed by atoms with Gasteiger partial charge in [-0.1, -0.05) is 0 Å². The third-order valence-corrected chi connectivity index (χ3v) is 2.04. The van der Waals surface area contributed by atoms with Gasteiger partial charge < -0.3 is 5.32 Å². The van der Waals surface area contributed by atoms with Crippen LogP contribution in [-0.2, 0) is 6.54 Å². The molecule has 0 saturated carbocycles. The first kappa shape index (κ1) is 7.54. The monoisotopic (exact) mass is 227 g/mol. The number of hydrogen-bond donors (Lipinski definition) is 2. The van der Waals surface area contributed by atoms with E-state index in [0.717, 1.165) is 10.0 Å². The van der Waals surface area contributed by atoms with Gasteiger partial charge in [0.05, 0.1) is 0 Å². The molecule has 0 atom stereocenters. The van der Waals surface area contributed by atoms with Gasteiger partial charge in [-0.3, -0.25) is 5.32 Å². The highest BCUT2D eigenvalue weighted by Crippen LogP contribution is 2.19. The molecule has 62 valence electrons. The molecule has 2 amide bonds. The van der Waals surface area contributed by atoms with Crippen molar-refractivity contribution < 1.29 is 4.79 Å². The van der Waals surface area contributed by atoms with Crippen LogP contribution in [0.15, 0.2) is 16.7 Å². The Kier molecular flexibility index (Phi) is 1.73. The fourth-order valence-corrected chi connectivity index (χ4v) is 1.43. The molecule has 2 heterocycles. The zero-order chi connectivity index (χ0) is 8.55. The predicted octanol–water partition coefficient (Wildman–Crippen LogP) is 1.48. The number of anilines is 1. The highest BCUT2D eigenvalue weighted by molar-refractivity contribution is 9.10. The molecule has 0 aromatic carbocycles. The summed E-state index contributed by atoms with van der Waals surface area (Å²) < 4.78 is 0.916. The number of nitrogens with zero attached hydrogens (tertiary/aromatic N) is 1. The summed E-state index contributed by atoms with van der Waals surface area (Å²) in [6.45, 7) is 0.535. The second-order valence-corrected chi connectivity index (χ2v) is 3.38. The highest BCUT2D eigenvalue weighted by Gasteiger charge is 2.14. The number of urea groups is 1. The van der Waals surface area contributed by atoms with Crippen LogP contribution in [-0.4, -0.2) is 11.0 Å². The van der Waals surface area contributed by atoms with E-state index in [1.54, 1.807) is 6.20 Å². The van der Waals surface area contributed by atoms with E-state index < -0.39 is 0 Å². The van der Waals surface area contributed by atoms with Crippen molar-refractivity contribution in [2.45, 2.75) is 6.54 Å². The number of amides is 2. The zero-order valence-electron chi connectivity index (χ0n) is 6.10. The van der Waals surface area contributed by atoms with Crippen molar-refractivity contribution in [3.8, 4) is 0 Å². The van der Waals surface area contributed by atoms with Gasteiger partial charge in [-0.15, -0.1) is 0 Å². The van der Waals surface area contributed by atoms with Crippen molar-refractivity contribution in [2.24, 2.45) is 0 Å². The highest BCUT2D eigenvalue weighted by atomic mass is 79.9. The average molecular weight is 228 g/mol. The minimum Gasteiger partial charge on any atom is -0.334 e. The van der Waals surface area contributed by atoms with Crippen molar-refractivity contribution in [1.29, 1.82) is 0 Å². The number of nitrogens with one attached hydrogen (secondary N) is 2. The third kappa shape index (κ3) is 1.27. The number of carbonyl (C=O) groups is 1. The second kappa shape index (κ2) is 2.75. The molecular formula is C7H6BrN3O. The normalized spacial score (nSPS) is 14.6. The standard InChI is InChI=1S/C7H6BrN3O/c8-5-1-4-2-10-7(12)11-6(4)9-3-5/h1,3H,2H2,(H2,9,10,11,12). The summed E-state index contributed by atoms with van der Waals surface area (Å²) in [7, 11) is 0. The lowest BCUT2D eigenvalue weighted by Gasteiger charge is -2.16. The Balaban J connectivity index is 2.43.